The maximum Gasteiger partial charge on any atom is 0.0491 e. The number of thiol groups is 1. The summed E-state index contributed by atoms with van der Waals surface area (Å²) in [5, 5.41) is 0. The smallest absolute Gasteiger partial charge is 0.0491 e. The molecule has 0 aromatic rings. The molecular weight excluding hydrogens is 144 g/mol. The largest absolute Gasteiger partial charge is 0.401 e. The summed E-state index contributed by atoms with van der Waals surface area (Å²) in [7, 11) is 0. The molecule has 0 saturated carbocycles. The summed E-state index contributed by atoms with van der Waals surface area (Å²) in [5.74, 6) is 0. The molecular formula is C7H12N2S. The van der Waals surface area contributed by atoms with Gasteiger partial charge >= 0.3 is 0 Å². The second kappa shape index (κ2) is 3.12. The Balaban J connectivity index is 2.66. The molecule has 1 heterocycles. The zero-order valence-electron chi connectivity index (χ0n) is 6.04. The van der Waals surface area contributed by atoms with Crippen LogP contribution in [0.1, 0.15) is 6.92 Å². The van der Waals surface area contributed by atoms with E-state index in [0.29, 0.717) is 0 Å². The molecule has 2 N–H and O–H groups in total. The lowest BCUT2D eigenvalue weighted by Gasteiger charge is -2.02. The Bertz CT molecular complexity index is 184. The van der Waals surface area contributed by atoms with Crippen molar-refractivity contribution in [1.82, 2.24) is 4.31 Å². The first-order valence-electron chi connectivity index (χ1n) is 3.28. The lowest BCUT2D eigenvalue weighted by Crippen LogP contribution is -2.10. The standard InChI is InChI=1S/C7H12N2S/c1-2-3-6-4-9(10)5-7(6)8/h2-3,10H,4-5,8H2,1H3/b3-2-. The van der Waals surface area contributed by atoms with Crippen molar-refractivity contribution >= 4 is 12.8 Å². The number of hydrogen-bond acceptors (Lipinski definition) is 3. The topological polar surface area (TPSA) is 29.3 Å². The van der Waals surface area contributed by atoms with Crippen LogP contribution >= 0.6 is 12.8 Å². The predicted octanol–water partition coefficient (Wildman–Crippen LogP) is 0.936. The number of rotatable bonds is 1. The van der Waals surface area contributed by atoms with Crippen LogP contribution in [-0.2, 0) is 0 Å². The third-order valence-electron chi connectivity index (χ3n) is 1.49. The summed E-state index contributed by atoms with van der Waals surface area (Å²) in [5.41, 5.74) is 7.82. The fourth-order valence-electron chi connectivity index (χ4n) is 1.01. The first-order valence-corrected chi connectivity index (χ1v) is 3.68. The molecule has 1 aliphatic heterocycles. The van der Waals surface area contributed by atoms with Crippen molar-refractivity contribution in [2.45, 2.75) is 6.92 Å². The minimum absolute atomic E-state index is 0.781. The van der Waals surface area contributed by atoms with Crippen LogP contribution < -0.4 is 5.73 Å². The Morgan fingerprint density at radius 1 is 1.60 bits per heavy atom. The molecule has 3 heteroatoms. The predicted molar refractivity (Wildman–Crippen MR) is 46.6 cm³/mol. The highest BCUT2D eigenvalue weighted by molar-refractivity contribution is 7.77. The first-order chi connectivity index (χ1) is 4.74. The zero-order valence-corrected chi connectivity index (χ0v) is 6.94. The van der Waals surface area contributed by atoms with Gasteiger partial charge in [0.1, 0.15) is 0 Å². The van der Waals surface area contributed by atoms with Gasteiger partial charge in [0, 0.05) is 18.8 Å². The van der Waals surface area contributed by atoms with E-state index >= 15 is 0 Å². The summed E-state index contributed by atoms with van der Waals surface area (Å²) in [6, 6.07) is 0. The summed E-state index contributed by atoms with van der Waals surface area (Å²) in [6.45, 7) is 3.63. The van der Waals surface area contributed by atoms with Crippen molar-refractivity contribution in [1.29, 1.82) is 0 Å². The van der Waals surface area contributed by atoms with Gasteiger partial charge in [-0.3, -0.25) is 0 Å². The van der Waals surface area contributed by atoms with Crippen molar-refractivity contribution in [3.63, 3.8) is 0 Å². The van der Waals surface area contributed by atoms with Crippen LogP contribution in [0.2, 0.25) is 0 Å². The number of hydrogen-bond donors (Lipinski definition) is 2. The molecule has 0 atom stereocenters. The van der Waals surface area contributed by atoms with Gasteiger partial charge in [0.25, 0.3) is 0 Å². The van der Waals surface area contributed by atoms with Gasteiger partial charge < -0.3 is 5.73 Å². The molecule has 1 rings (SSSR count). The van der Waals surface area contributed by atoms with Crippen LogP contribution in [0.3, 0.4) is 0 Å². The summed E-state index contributed by atoms with van der Waals surface area (Å²) in [6.07, 6.45) is 4.03. The van der Waals surface area contributed by atoms with E-state index in [4.69, 9.17) is 5.73 Å². The van der Waals surface area contributed by atoms with E-state index in [1.165, 1.54) is 5.57 Å². The molecule has 0 spiro atoms. The Morgan fingerprint density at radius 3 is 2.70 bits per heavy atom. The highest BCUT2D eigenvalue weighted by atomic mass is 32.1. The van der Waals surface area contributed by atoms with Crippen LogP contribution in [0.4, 0.5) is 0 Å². The highest BCUT2D eigenvalue weighted by Crippen LogP contribution is 2.15. The second-order valence-electron chi connectivity index (χ2n) is 2.37. The van der Waals surface area contributed by atoms with Gasteiger partial charge in [0.15, 0.2) is 0 Å². The molecule has 0 unspecified atom stereocenters. The fraction of sp³-hybridized carbons (Fsp3) is 0.429. The molecule has 1 aliphatic rings. The van der Waals surface area contributed by atoms with Gasteiger partial charge in [-0.15, -0.1) is 0 Å². The molecule has 0 aromatic heterocycles. The molecule has 0 saturated heterocycles. The minimum Gasteiger partial charge on any atom is -0.401 e. The van der Waals surface area contributed by atoms with Crippen LogP contribution in [0.25, 0.3) is 0 Å². The van der Waals surface area contributed by atoms with Gasteiger partial charge in [-0.05, 0) is 12.5 Å². The molecule has 0 bridgehead atoms. The molecule has 56 valence electrons. The van der Waals surface area contributed by atoms with E-state index in [9.17, 15) is 0 Å². The molecule has 2 nitrogen and oxygen atoms in total. The van der Waals surface area contributed by atoms with Gasteiger partial charge in [0.05, 0.1) is 0 Å². The Hall–Kier alpha value is -0.410. The second-order valence-corrected chi connectivity index (χ2v) is 2.94. The maximum atomic E-state index is 5.69. The molecule has 0 fully saturated rings. The average Bonchev–Trinajstić information content (AvgIpc) is 2.13. The van der Waals surface area contributed by atoms with Crippen molar-refractivity contribution in [3.8, 4) is 0 Å². The Kier molecular flexibility index (Phi) is 2.40. The highest BCUT2D eigenvalue weighted by Gasteiger charge is 2.13. The van der Waals surface area contributed by atoms with E-state index in [0.717, 1.165) is 18.8 Å². The van der Waals surface area contributed by atoms with Gasteiger partial charge in [-0.2, -0.15) is 0 Å². The molecule has 10 heavy (non-hydrogen) atoms. The van der Waals surface area contributed by atoms with Crippen LogP contribution in [-0.4, -0.2) is 17.4 Å². The number of nitrogens with two attached hydrogens (primary N) is 1. The monoisotopic (exact) mass is 156 g/mol. The van der Waals surface area contributed by atoms with E-state index in [1.54, 1.807) is 0 Å². The van der Waals surface area contributed by atoms with E-state index in [2.05, 4.69) is 12.8 Å². The summed E-state index contributed by atoms with van der Waals surface area (Å²) < 4.78 is 1.89. The van der Waals surface area contributed by atoms with Crippen LogP contribution in [0.5, 0.6) is 0 Å². The fourth-order valence-corrected chi connectivity index (χ4v) is 1.32. The van der Waals surface area contributed by atoms with E-state index in [-0.39, 0.29) is 0 Å². The van der Waals surface area contributed by atoms with Gasteiger partial charge in [-0.1, -0.05) is 25.0 Å². The quantitative estimate of drug-likeness (QED) is 0.553. The average molecular weight is 156 g/mol. The lowest BCUT2D eigenvalue weighted by atomic mass is 10.2. The van der Waals surface area contributed by atoms with Crippen molar-refractivity contribution in [2.24, 2.45) is 5.73 Å². The number of nitrogens with zero attached hydrogens (tertiary/aromatic N) is 1. The molecule has 0 amide bonds. The SMILES string of the molecule is C/C=C\C1=C(N)CN(S)C1. The summed E-state index contributed by atoms with van der Waals surface area (Å²) in [4.78, 5) is 0. The Labute approximate surface area is 66.9 Å². The first kappa shape index (κ1) is 7.69. The zero-order chi connectivity index (χ0) is 7.56. The normalized spacial score (nSPS) is 21.4. The number of allylic oxidation sites excluding steroid dienone is 1. The van der Waals surface area contributed by atoms with E-state index < -0.39 is 0 Å². The van der Waals surface area contributed by atoms with Crippen molar-refractivity contribution in [3.05, 3.63) is 23.4 Å². The van der Waals surface area contributed by atoms with E-state index in [1.807, 2.05) is 23.4 Å². The van der Waals surface area contributed by atoms with Crippen LogP contribution in [0, 0.1) is 0 Å². The van der Waals surface area contributed by atoms with Gasteiger partial charge in [-0.25, -0.2) is 4.31 Å². The third kappa shape index (κ3) is 1.55. The minimum atomic E-state index is 0.781. The lowest BCUT2D eigenvalue weighted by molar-refractivity contribution is 0.603. The molecule has 0 aliphatic carbocycles. The summed E-state index contributed by atoms with van der Waals surface area (Å²) >= 11 is 4.18. The van der Waals surface area contributed by atoms with Crippen molar-refractivity contribution in [2.75, 3.05) is 13.1 Å². The van der Waals surface area contributed by atoms with Gasteiger partial charge in [0.2, 0.25) is 0 Å². The van der Waals surface area contributed by atoms with Crippen molar-refractivity contribution < 1.29 is 0 Å². The Morgan fingerprint density at radius 2 is 2.30 bits per heavy atom. The van der Waals surface area contributed by atoms with Crippen LogP contribution in [0.15, 0.2) is 23.4 Å². The molecule has 0 radical (unpaired) electrons. The third-order valence-corrected chi connectivity index (χ3v) is 1.77. The molecule has 0 aromatic carbocycles. The maximum absolute atomic E-state index is 5.69.